The van der Waals surface area contributed by atoms with Gasteiger partial charge >= 0.3 is 0 Å². The molecular formula is C15H12BrFN2O2. The Labute approximate surface area is 129 Å². The maximum absolute atomic E-state index is 12.7. The van der Waals surface area contributed by atoms with Crippen LogP contribution in [0.15, 0.2) is 58.1 Å². The molecule has 0 aliphatic carbocycles. The Morgan fingerprint density at radius 1 is 1.24 bits per heavy atom. The number of carbonyl (C=O) groups is 1. The molecule has 0 bridgehead atoms. The van der Waals surface area contributed by atoms with Gasteiger partial charge in [-0.1, -0.05) is 34.1 Å². The molecule has 0 spiro atoms. The van der Waals surface area contributed by atoms with Gasteiger partial charge in [0.2, 0.25) is 0 Å². The molecule has 6 heteroatoms. The maximum atomic E-state index is 12.7. The van der Waals surface area contributed by atoms with Gasteiger partial charge in [0.15, 0.2) is 6.61 Å². The highest BCUT2D eigenvalue weighted by atomic mass is 79.9. The van der Waals surface area contributed by atoms with Crippen LogP contribution in [0.3, 0.4) is 0 Å². The minimum atomic E-state index is -0.400. The first-order valence-electron chi connectivity index (χ1n) is 6.10. The molecule has 0 aliphatic heterocycles. The molecule has 0 fully saturated rings. The van der Waals surface area contributed by atoms with Crippen molar-refractivity contribution >= 4 is 28.1 Å². The summed E-state index contributed by atoms with van der Waals surface area (Å²) in [6.07, 6.45) is 1.53. The fourth-order valence-corrected chi connectivity index (χ4v) is 1.85. The molecular weight excluding hydrogens is 339 g/mol. The third-order valence-corrected chi connectivity index (χ3v) is 3.20. The van der Waals surface area contributed by atoms with Crippen LogP contribution in [0.25, 0.3) is 0 Å². The second-order valence-corrected chi connectivity index (χ2v) is 4.91. The number of hydrazone groups is 1. The molecule has 1 N–H and O–H groups in total. The minimum Gasteiger partial charge on any atom is -0.484 e. The van der Waals surface area contributed by atoms with E-state index in [4.69, 9.17) is 4.74 Å². The molecule has 2 aromatic rings. The summed E-state index contributed by atoms with van der Waals surface area (Å²) in [5.74, 6) is -0.339. The van der Waals surface area contributed by atoms with Crippen molar-refractivity contribution in [3.05, 3.63) is 64.4 Å². The zero-order valence-electron chi connectivity index (χ0n) is 10.9. The quantitative estimate of drug-likeness (QED) is 0.665. The number of nitrogens with zero attached hydrogens (tertiary/aromatic N) is 1. The lowest BCUT2D eigenvalue weighted by atomic mass is 10.2. The van der Waals surface area contributed by atoms with Gasteiger partial charge in [-0.3, -0.25) is 4.79 Å². The van der Waals surface area contributed by atoms with Gasteiger partial charge in [-0.2, -0.15) is 5.10 Å². The minimum absolute atomic E-state index is 0.196. The van der Waals surface area contributed by atoms with Crippen LogP contribution in [-0.2, 0) is 4.79 Å². The number of carbonyl (C=O) groups excluding carboxylic acids is 1. The van der Waals surface area contributed by atoms with E-state index in [0.717, 1.165) is 10.0 Å². The first kappa shape index (κ1) is 15.2. The Balaban J connectivity index is 1.80. The lowest BCUT2D eigenvalue weighted by molar-refractivity contribution is -0.123. The van der Waals surface area contributed by atoms with Gasteiger partial charge in [0.1, 0.15) is 11.6 Å². The fourth-order valence-electron chi connectivity index (χ4n) is 1.47. The molecule has 0 saturated heterocycles. The topological polar surface area (TPSA) is 50.7 Å². The molecule has 0 aliphatic rings. The number of hydrogen-bond donors (Lipinski definition) is 1. The number of benzene rings is 2. The Kier molecular flexibility index (Phi) is 5.45. The maximum Gasteiger partial charge on any atom is 0.277 e. The van der Waals surface area contributed by atoms with E-state index in [1.807, 2.05) is 24.3 Å². The second kappa shape index (κ2) is 7.54. The number of amides is 1. The Bertz CT molecular complexity index is 644. The van der Waals surface area contributed by atoms with Crippen molar-refractivity contribution in [3.8, 4) is 5.75 Å². The molecule has 0 saturated carbocycles. The van der Waals surface area contributed by atoms with E-state index in [9.17, 15) is 9.18 Å². The number of ether oxygens (including phenoxy) is 1. The van der Waals surface area contributed by atoms with E-state index in [1.54, 1.807) is 0 Å². The molecule has 1 amide bonds. The normalized spacial score (nSPS) is 10.6. The van der Waals surface area contributed by atoms with Crippen LogP contribution in [0.4, 0.5) is 4.39 Å². The van der Waals surface area contributed by atoms with Crippen molar-refractivity contribution in [2.24, 2.45) is 5.10 Å². The summed E-state index contributed by atoms with van der Waals surface area (Å²) in [5, 5.41) is 3.83. The molecule has 0 unspecified atom stereocenters. The third-order valence-electron chi connectivity index (χ3n) is 2.48. The zero-order valence-corrected chi connectivity index (χ0v) is 12.5. The SMILES string of the molecule is O=C(COc1ccc(F)cc1)N/N=C\c1ccccc1Br. The number of hydrogen-bond acceptors (Lipinski definition) is 3. The summed E-state index contributed by atoms with van der Waals surface area (Å²) in [4.78, 5) is 11.5. The fraction of sp³-hybridized carbons (Fsp3) is 0.0667. The summed E-state index contributed by atoms with van der Waals surface area (Å²) in [6, 6.07) is 12.9. The van der Waals surface area contributed by atoms with Gasteiger partial charge in [-0.25, -0.2) is 9.82 Å². The average molecular weight is 351 g/mol. The van der Waals surface area contributed by atoms with Crippen molar-refractivity contribution in [1.82, 2.24) is 5.43 Å². The van der Waals surface area contributed by atoms with E-state index in [-0.39, 0.29) is 12.4 Å². The van der Waals surface area contributed by atoms with Crippen LogP contribution in [0.1, 0.15) is 5.56 Å². The highest BCUT2D eigenvalue weighted by Crippen LogP contribution is 2.13. The van der Waals surface area contributed by atoms with Crippen LogP contribution < -0.4 is 10.2 Å². The van der Waals surface area contributed by atoms with E-state index in [1.165, 1.54) is 30.5 Å². The highest BCUT2D eigenvalue weighted by molar-refractivity contribution is 9.10. The third kappa shape index (κ3) is 5.00. The monoisotopic (exact) mass is 350 g/mol. The van der Waals surface area contributed by atoms with Crippen LogP contribution in [0, 0.1) is 5.82 Å². The van der Waals surface area contributed by atoms with E-state index in [2.05, 4.69) is 26.5 Å². The molecule has 4 nitrogen and oxygen atoms in total. The number of nitrogens with one attached hydrogen (secondary N) is 1. The number of halogens is 2. The van der Waals surface area contributed by atoms with Crippen LogP contribution in [0.2, 0.25) is 0 Å². The molecule has 0 aromatic heterocycles. The van der Waals surface area contributed by atoms with Gasteiger partial charge in [0.25, 0.3) is 5.91 Å². The summed E-state index contributed by atoms with van der Waals surface area (Å²) >= 11 is 3.37. The first-order chi connectivity index (χ1) is 10.1. The summed E-state index contributed by atoms with van der Waals surface area (Å²) < 4.78 is 18.8. The van der Waals surface area contributed by atoms with E-state index in [0.29, 0.717) is 5.75 Å². The Hall–Kier alpha value is -2.21. The zero-order chi connectivity index (χ0) is 15.1. The summed E-state index contributed by atoms with van der Waals surface area (Å²) in [5.41, 5.74) is 3.20. The standard InChI is InChI=1S/C15H12BrFN2O2/c16-14-4-2-1-3-11(14)9-18-19-15(20)10-21-13-7-5-12(17)6-8-13/h1-9H,10H2,(H,19,20)/b18-9-. The van der Waals surface area contributed by atoms with Gasteiger partial charge in [-0.05, 0) is 30.3 Å². The van der Waals surface area contributed by atoms with E-state index >= 15 is 0 Å². The van der Waals surface area contributed by atoms with Crippen LogP contribution >= 0.6 is 15.9 Å². The predicted molar refractivity (Wildman–Crippen MR) is 81.8 cm³/mol. The van der Waals surface area contributed by atoms with Gasteiger partial charge in [-0.15, -0.1) is 0 Å². The van der Waals surface area contributed by atoms with E-state index < -0.39 is 5.91 Å². The van der Waals surface area contributed by atoms with Crippen LogP contribution in [-0.4, -0.2) is 18.7 Å². The highest BCUT2D eigenvalue weighted by Gasteiger charge is 2.01. The molecule has 0 atom stereocenters. The number of rotatable bonds is 5. The molecule has 2 rings (SSSR count). The molecule has 108 valence electrons. The van der Waals surface area contributed by atoms with Gasteiger partial charge in [0, 0.05) is 10.0 Å². The predicted octanol–water partition coefficient (Wildman–Crippen LogP) is 3.12. The Morgan fingerprint density at radius 2 is 1.95 bits per heavy atom. The largest absolute Gasteiger partial charge is 0.484 e. The van der Waals surface area contributed by atoms with Gasteiger partial charge in [0.05, 0.1) is 6.21 Å². The Morgan fingerprint density at radius 3 is 2.67 bits per heavy atom. The molecule has 21 heavy (non-hydrogen) atoms. The van der Waals surface area contributed by atoms with Crippen molar-refractivity contribution in [2.45, 2.75) is 0 Å². The lowest BCUT2D eigenvalue weighted by Crippen LogP contribution is -2.24. The smallest absolute Gasteiger partial charge is 0.277 e. The van der Waals surface area contributed by atoms with Crippen molar-refractivity contribution in [2.75, 3.05) is 6.61 Å². The lowest BCUT2D eigenvalue weighted by Gasteiger charge is -2.04. The molecule has 0 heterocycles. The second-order valence-electron chi connectivity index (χ2n) is 4.06. The van der Waals surface area contributed by atoms with Gasteiger partial charge < -0.3 is 4.74 Å². The molecule has 2 aromatic carbocycles. The average Bonchev–Trinajstić information content (AvgIpc) is 2.49. The van der Waals surface area contributed by atoms with Crippen molar-refractivity contribution in [3.63, 3.8) is 0 Å². The summed E-state index contributed by atoms with van der Waals surface area (Å²) in [6.45, 7) is -0.196. The first-order valence-corrected chi connectivity index (χ1v) is 6.89. The summed E-state index contributed by atoms with van der Waals surface area (Å²) in [7, 11) is 0. The van der Waals surface area contributed by atoms with Crippen molar-refractivity contribution in [1.29, 1.82) is 0 Å². The van der Waals surface area contributed by atoms with Crippen LogP contribution in [0.5, 0.6) is 5.75 Å². The molecule has 0 radical (unpaired) electrons. The van der Waals surface area contributed by atoms with Crippen molar-refractivity contribution < 1.29 is 13.9 Å².